The maximum atomic E-state index is 11.9. The molecule has 0 amide bonds. The van der Waals surface area contributed by atoms with E-state index in [1.165, 1.54) is 32.1 Å². The van der Waals surface area contributed by atoms with E-state index in [-0.39, 0.29) is 6.10 Å². The molecule has 0 aromatic rings. The number of ether oxygens (including phenoxy) is 2. The van der Waals surface area contributed by atoms with Crippen LogP contribution < -0.4 is 0 Å². The lowest BCUT2D eigenvalue weighted by Gasteiger charge is -2.39. The molecule has 118 valence electrons. The average Bonchev–Trinajstić information content (AvgIpc) is 2.98. The van der Waals surface area contributed by atoms with E-state index < -0.39 is 11.8 Å². The van der Waals surface area contributed by atoms with Crippen molar-refractivity contribution in [3.8, 4) is 0 Å². The van der Waals surface area contributed by atoms with Crippen LogP contribution in [0.1, 0.15) is 65.7 Å². The van der Waals surface area contributed by atoms with Crippen molar-refractivity contribution in [3.05, 3.63) is 12.2 Å². The molecule has 3 nitrogen and oxygen atoms in total. The van der Waals surface area contributed by atoms with Crippen molar-refractivity contribution in [3.63, 3.8) is 0 Å². The van der Waals surface area contributed by atoms with Gasteiger partial charge in [-0.1, -0.05) is 12.2 Å². The molecule has 2 saturated carbocycles. The first-order valence-electron chi connectivity index (χ1n) is 8.45. The molecular formula is C18H28O3. The molecular weight excluding hydrogens is 264 g/mol. The second kappa shape index (κ2) is 5.33. The van der Waals surface area contributed by atoms with Gasteiger partial charge in [0.15, 0.2) is 0 Å². The Morgan fingerprint density at radius 1 is 1.24 bits per heavy atom. The van der Waals surface area contributed by atoms with Crippen LogP contribution in [0.15, 0.2) is 12.2 Å². The molecule has 3 aliphatic carbocycles. The summed E-state index contributed by atoms with van der Waals surface area (Å²) in [7, 11) is 0. The van der Waals surface area contributed by atoms with Crippen LogP contribution in [0.2, 0.25) is 0 Å². The van der Waals surface area contributed by atoms with Crippen LogP contribution in [0.3, 0.4) is 0 Å². The Balaban J connectivity index is 1.57. The Morgan fingerprint density at radius 3 is 2.62 bits per heavy atom. The summed E-state index contributed by atoms with van der Waals surface area (Å²) < 4.78 is 10.9. The third-order valence-electron chi connectivity index (χ3n) is 5.41. The first-order chi connectivity index (χ1) is 9.86. The molecule has 0 saturated heterocycles. The van der Waals surface area contributed by atoms with Gasteiger partial charge in [-0.25, -0.2) is 4.79 Å². The smallest absolute Gasteiger partial charge is 0.431 e. The zero-order valence-corrected chi connectivity index (χ0v) is 13.6. The predicted octanol–water partition coefficient (Wildman–Crippen LogP) is 4.85. The number of carbonyl (C=O) groups excluding carboxylic acids is 1. The summed E-state index contributed by atoms with van der Waals surface area (Å²) in [5, 5.41) is 0. The van der Waals surface area contributed by atoms with Gasteiger partial charge in [0, 0.05) is 0 Å². The Labute approximate surface area is 128 Å². The number of hydrogen-bond donors (Lipinski definition) is 0. The Morgan fingerprint density at radius 2 is 2.05 bits per heavy atom. The third-order valence-corrected chi connectivity index (χ3v) is 5.41. The van der Waals surface area contributed by atoms with Crippen molar-refractivity contribution in [1.82, 2.24) is 0 Å². The quantitative estimate of drug-likeness (QED) is 0.539. The van der Waals surface area contributed by atoms with Gasteiger partial charge < -0.3 is 9.47 Å². The van der Waals surface area contributed by atoms with E-state index in [4.69, 9.17) is 9.47 Å². The van der Waals surface area contributed by atoms with Crippen LogP contribution in [-0.2, 0) is 9.47 Å². The summed E-state index contributed by atoms with van der Waals surface area (Å²) >= 11 is 0. The molecule has 4 unspecified atom stereocenters. The van der Waals surface area contributed by atoms with Gasteiger partial charge >= 0.3 is 6.16 Å². The molecule has 3 aliphatic rings. The molecule has 0 aromatic carbocycles. The van der Waals surface area contributed by atoms with Crippen LogP contribution in [0, 0.1) is 17.3 Å². The lowest BCUT2D eigenvalue weighted by molar-refractivity contribution is -0.0441. The van der Waals surface area contributed by atoms with Gasteiger partial charge in [0.1, 0.15) is 11.7 Å². The molecule has 3 heteroatoms. The summed E-state index contributed by atoms with van der Waals surface area (Å²) in [6, 6.07) is 0. The van der Waals surface area contributed by atoms with Crippen molar-refractivity contribution in [2.75, 3.05) is 0 Å². The van der Waals surface area contributed by atoms with E-state index in [1.807, 2.05) is 20.8 Å². The fraction of sp³-hybridized carbons (Fsp3) is 0.833. The van der Waals surface area contributed by atoms with E-state index in [0.29, 0.717) is 11.3 Å². The summed E-state index contributed by atoms with van der Waals surface area (Å²) in [5.41, 5.74) is -0.0582. The van der Waals surface area contributed by atoms with Gasteiger partial charge in [-0.3, -0.25) is 0 Å². The van der Waals surface area contributed by atoms with Gasteiger partial charge in [0.2, 0.25) is 0 Å². The van der Waals surface area contributed by atoms with Gasteiger partial charge in [-0.15, -0.1) is 0 Å². The molecule has 0 N–H and O–H groups in total. The maximum absolute atomic E-state index is 11.9. The number of fused-ring (bicyclic) bond motifs is 2. The molecule has 0 spiro atoms. The Hall–Kier alpha value is -0.990. The van der Waals surface area contributed by atoms with Crippen molar-refractivity contribution in [2.24, 2.45) is 17.3 Å². The van der Waals surface area contributed by atoms with Gasteiger partial charge in [0.25, 0.3) is 0 Å². The maximum Gasteiger partial charge on any atom is 0.509 e. The normalized spacial score (nSPS) is 38.5. The molecule has 0 aliphatic heterocycles. The van der Waals surface area contributed by atoms with Crippen LogP contribution >= 0.6 is 0 Å². The minimum absolute atomic E-state index is 0.0426. The predicted molar refractivity (Wildman–Crippen MR) is 82.0 cm³/mol. The van der Waals surface area contributed by atoms with Crippen LogP contribution in [-0.4, -0.2) is 17.9 Å². The monoisotopic (exact) mass is 292 g/mol. The lowest BCUT2D eigenvalue weighted by Crippen LogP contribution is -2.35. The largest absolute Gasteiger partial charge is 0.509 e. The lowest BCUT2D eigenvalue weighted by atomic mass is 9.68. The molecule has 2 bridgehead atoms. The van der Waals surface area contributed by atoms with Gasteiger partial charge in [-0.2, -0.15) is 0 Å². The van der Waals surface area contributed by atoms with E-state index >= 15 is 0 Å². The Bertz CT molecular complexity index is 434. The zero-order valence-electron chi connectivity index (χ0n) is 13.6. The highest BCUT2D eigenvalue weighted by Gasteiger charge is 2.47. The van der Waals surface area contributed by atoms with Crippen molar-refractivity contribution < 1.29 is 14.3 Å². The number of carbonyl (C=O) groups is 1. The first-order valence-corrected chi connectivity index (χ1v) is 8.45. The minimum Gasteiger partial charge on any atom is -0.431 e. The number of hydrogen-bond acceptors (Lipinski definition) is 3. The SMILES string of the molecule is CC(C)(C)OC(=O)OC1CCCC(C23C=CC(CC2)C3)C1. The van der Waals surface area contributed by atoms with E-state index in [0.717, 1.165) is 18.8 Å². The fourth-order valence-electron chi connectivity index (χ4n) is 4.48. The highest BCUT2D eigenvalue weighted by molar-refractivity contribution is 5.60. The molecule has 3 rings (SSSR count). The van der Waals surface area contributed by atoms with E-state index in [9.17, 15) is 4.79 Å². The third kappa shape index (κ3) is 3.27. The highest BCUT2D eigenvalue weighted by atomic mass is 16.7. The average molecular weight is 292 g/mol. The van der Waals surface area contributed by atoms with Crippen LogP contribution in [0.25, 0.3) is 0 Å². The molecule has 0 aromatic heterocycles. The van der Waals surface area contributed by atoms with Crippen LogP contribution in [0.4, 0.5) is 4.79 Å². The van der Waals surface area contributed by atoms with Crippen LogP contribution in [0.5, 0.6) is 0 Å². The van der Waals surface area contributed by atoms with Gasteiger partial charge in [-0.05, 0) is 83.0 Å². The highest BCUT2D eigenvalue weighted by Crippen LogP contribution is 2.57. The zero-order chi connectivity index (χ0) is 15.1. The molecule has 21 heavy (non-hydrogen) atoms. The summed E-state index contributed by atoms with van der Waals surface area (Å²) in [4.78, 5) is 11.9. The summed E-state index contributed by atoms with van der Waals surface area (Å²) in [6.07, 6.45) is 12.9. The molecule has 2 fully saturated rings. The van der Waals surface area contributed by atoms with Crippen molar-refractivity contribution in [2.45, 2.75) is 77.4 Å². The molecule has 4 atom stereocenters. The fourth-order valence-corrected chi connectivity index (χ4v) is 4.48. The van der Waals surface area contributed by atoms with E-state index in [2.05, 4.69) is 12.2 Å². The molecule has 0 heterocycles. The number of rotatable bonds is 2. The second-order valence-electron chi connectivity index (χ2n) is 8.16. The number of allylic oxidation sites excluding steroid dienone is 2. The second-order valence-corrected chi connectivity index (χ2v) is 8.16. The summed E-state index contributed by atoms with van der Waals surface area (Å²) in [5.74, 6) is 1.50. The van der Waals surface area contributed by atoms with E-state index in [1.54, 1.807) is 0 Å². The Kier molecular flexibility index (Phi) is 3.79. The van der Waals surface area contributed by atoms with Crippen molar-refractivity contribution in [1.29, 1.82) is 0 Å². The van der Waals surface area contributed by atoms with Crippen molar-refractivity contribution >= 4 is 6.16 Å². The standard InChI is InChI=1S/C18H28O3/c1-17(2,3)21-16(19)20-15-6-4-5-14(11-15)18-9-7-13(12-18)8-10-18/h7,9,13-15H,4-6,8,10-12H2,1-3H3. The summed E-state index contributed by atoms with van der Waals surface area (Å²) in [6.45, 7) is 5.62. The topological polar surface area (TPSA) is 35.5 Å². The first kappa shape index (κ1) is 14.9. The molecule has 0 radical (unpaired) electrons. The van der Waals surface area contributed by atoms with Gasteiger partial charge in [0.05, 0.1) is 0 Å². The minimum atomic E-state index is -0.503.